The van der Waals surface area contributed by atoms with Crippen molar-refractivity contribution in [2.75, 3.05) is 0 Å². The van der Waals surface area contributed by atoms with Crippen molar-refractivity contribution in [2.24, 2.45) is 10.7 Å². The molecule has 110 valence electrons. The molecular weight excluding hydrogens is 266 g/mol. The van der Waals surface area contributed by atoms with Crippen molar-refractivity contribution in [1.82, 2.24) is 14.5 Å². The van der Waals surface area contributed by atoms with Crippen LogP contribution in [0.25, 0.3) is 0 Å². The molecule has 0 saturated carbocycles. The van der Waals surface area contributed by atoms with E-state index in [-0.39, 0.29) is 5.56 Å². The molecule has 0 atom stereocenters. The minimum Gasteiger partial charge on any atom is -0.383 e. The Kier molecular flexibility index (Phi) is 4.47. The van der Waals surface area contributed by atoms with E-state index in [1.54, 1.807) is 17.7 Å². The van der Waals surface area contributed by atoms with Gasteiger partial charge in [-0.1, -0.05) is 6.92 Å². The van der Waals surface area contributed by atoms with Crippen molar-refractivity contribution >= 4 is 11.7 Å². The van der Waals surface area contributed by atoms with Gasteiger partial charge in [0.2, 0.25) is 0 Å². The molecule has 0 unspecified atom stereocenters. The van der Waals surface area contributed by atoms with E-state index >= 15 is 0 Å². The quantitative estimate of drug-likeness (QED) is 0.684. The van der Waals surface area contributed by atoms with Gasteiger partial charge < -0.3 is 5.73 Å². The maximum atomic E-state index is 12.1. The molecule has 2 aromatic heterocycles. The number of aromatic nitrogens is 3. The third-order valence-corrected chi connectivity index (χ3v) is 3.13. The Labute approximate surface area is 123 Å². The summed E-state index contributed by atoms with van der Waals surface area (Å²) in [6.07, 6.45) is 4.04. The SMILES string of the molecule is CCCn1cnc(/N=C(\N)c2ccc(C)nc2)c(C)c1=O. The summed E-state index contributed by atoms with van der Waals surface area (Å²) in [5, 5.41) is 0. The number of amidine groups is 1. The van der Waals surface area contributed by atoms with Gasteiger partial charge in [0.25, 0.3) is 5.56 Å². The van der Waals surface area contributed by atoms with Crippen LogP contribution in [-0.2, 0) is 6.54 Å². The first kappa shape index (κ1) is 14.9. The molecule has 0 bridgehead atoms. The summed E-state index contributed by atoms with van der Waals surface area (Å²) in [5.41, 5.74) is 7.98. The molecule has 2 N–H and O–H groups in total. The Bertz CT molecular complexity index is 716. The second-order valence-corrected chi connectivity index (χ2v) is 4.88. The predicted octanol–water partition coefficient (Wildman–Crippen LogP) is 1.70. The number of hydrogen-bond donors (Lipinski definition) is 1. The lowest BCUT2D eigenvalue weighted by Crippen LogP contribution is -2.23. The van der Waals surface area contributed by atoms with Gasteiger partial charge in [-0.15, -0.1) is 0 Å². The molecule has 0 saturated heterocycles. The highest BCUT2D eigenvalue weighted by molar-refractivity contribution is 5.98. The van der Waals surface area contributed by atoms with Crippen molar-refractivity contribution in [3.8, 4) is 0 Å². The van der Waals surface area contributed by atoms with Crippen LogP contribution in [-0.4, -0.2) is 20.4 Å². The Morgan fingerprint density at radius 3 is 2.71 bits per heavy atom. The van der Waals surface area contributed by atoms with E-state index in [4.69, 9.17) is 5.73 Å². The van der Waals surface area contributed by atoms with Gasteiger partial charge in [0.05, 0.1) is 11.9 Å². The van der Waals surface area contributed by atoms with E-state index in [0.29, 0.717) is 29.3 Å². The van der Waals surface area contributed by atoms with E-state index < -0.39 is 0 Å². The second kappa shape index (κ2) is 6.30. The molecule has 2 aromatic rings. The highest BCUT2D eigenvalue weighted by Crippen LogP contribution is 2.11. The van der Waals surface area contributed by atoms with E-state index in [1.807, 2.05) is 26.0 Å². The fourth-order valence-corrected chi connectivity index (χ4v) is 1.90. The highest BCUT2D eigenvalue weighted by Gasteiger charge is 2.08. The van der Waals surface area contributed by atoms with Gasteiger partial charge in [0.1, 0.15) is 5.84 Å². The molecule has 0 radical (unpaired) electrons. The van der Waals surface area contributed by atoms with Crippen LogP contribution in [0, 0.1) is 13.8 Å². The molecule has 0 aromatic carbocycles. The molecule has 0 fully saturated rings. The zero-order valence-corrected chi connectivity index (χ0v) is 12.5. The number of pyridine rings is 1. The third-order valence-electron chi connectivity index (χ3n) is 3.13. The smallest absolute Gasteiger partial charge is 0.258 e. The fraction of sp³-hybridized carbons (Fsp3) is 0.333. The number of hydrogen-bond acceptors (Lipinski definition) is 4. The van der Waals surface area contributed by atoms with Crippen molar-refractivity contribution in [3.05, 3.63) is 51.8 Å². The van der Waals surface area contributed by atoms with Crippen molar-refractivity contribution in [2.45, 2.75) is 33.7 Å². The summed E-state index contributed by atoms with van der Waals surface area (Å²) in [5.74, 6) is 0.649. The number of nitrogens with two attached hydrogens (primary N) is 1. The van der Waals surface area contributed by atoms with Gasteiger partial charge >= 0.3 is 0 Å². The summed E-state index contributed by atoms with van der Waals surface area (Å²) in [7, 11) is 0. The van der Waals surface area contributed by atoms with Crippen molar-refractivity contribution in [1.29, 1.82) is 0 Å². The Morgan fingerprint density at radius 1 is 1.33 bits per heavy atom. The van der Waals surface area contributed by atoms with Gasteiger partial charge in [-0.25, -0.2) is 9.98 Å². The number of aliphatic imine (C=N–C) groups is 1. The van der Waals surface area contributed by atoms with Crippen LogP contribution in [0.15, 0.2) is 34.4 Å². The van der Waals surface area contributed by atoms with Gasteiger partial charge in [-0.2, -0.15) is 0 Å². The maximum Gasteiger partial charge on any atom is 0.258 e. The molecule has 0 aliphatic rings. The van der Waals surface area contributed by atoms with E-state index in [1.165, 1.54) is 6.33 Å². The first-order chi connectivity index (χ1) is 10.0. The molecule has 0 aliphatic carbocycles. The number of rotatable bonds is 4. The summed E-state index contributed by atoms with van der Waals surface area (Å²) in [6.45, 7) is 6.27. The van der Waals surface area contributed by atoms with Gasteiger partial charge in [-0.3, -0.25) is 14.3 Å². The van der Waals surface area contributed by atoms with Crippen LogP contribution >= 0.6 is 0 Å². The normalized spacial score (nSPS) is 11.7. The summed E-state index contributed by atoms with van der Waals surface area (Å²) >= 11 is 0. The lowest BCUT2D eigenvalue weighted by atomic mass is 10.2. The minimum atomic E-state index is -0.0829. The molecule has 0 spiro atoms. The van der Waals surface area contributed by atoms with Gasteiger partial charge in [-0.05, 0) is 32.4 Å². The van der Waals surface area contributed by atoms with Crippen molar-refractivity contribution in [3.63, 3.8) is 0 Å². The van der Waals surface area contributed by atoms with Crippen LogP contribution in [0.5, 0.6) is 0 Å². The molecule has 6 nitrogen and oxygen atoms in total. The van der Waals surface area contributed by atoms with E-state index in [2.05, 4.69) is 15.0 Å². The van der Waals surface area contributed by atoms with E-state index in [0.717, 1.165) is 12.1 Å². The molecule has 21 heavy (non-hydrogen) atoms. The lowest BCUT2D eigenvalue weighted by Gasteiger charge is -2.07. The fourth-order valence-electron chi connectivity index (χ4n) is 1.90. The lowest BCUT2D eigenvalue weighted by molar-refractivity contribution is 0.637. The average molecular weight is 285 g/mol. The van der Waals surface area contributed by atoms with Crippen LogP contribution in [0.1, 0.15) is 30.2 Å². The maximum absolute atomic E-state index is 12.1. The van der Waals surface area contributed by atoms with Crippen LogP contribution in [0.2, 0.25) is 0 Å². The Balaban J connectivity index is 2.38. The highest BCUT2D eigenvalue weighted by atomic mass is 16.1. The van der Waals surface area contributed by atoms with Crippen LogP contribution < -0.4 is 11.3 Å². The summed E-state index contributed by atoms with van der Waals surface area (Å²) in [4.78, 5) is 24.8. The zero-order valence-electron chi connectivity index (χ0n) is 12.5. The topological polar surface area (TPSA) is 86.2 Å². The molecular formula is C15H19N5O. The monoisotopic (exact) mass is 285 g/mol. The number of aryl methyl sites for hydroxylation is 2. The molecule has 2 heterocycles. The van der Waals surface area contributed by atoms with Crippen LogP contribution in [0.3, 0.4) is 0 Å². The van der Waals surface area contributed by atoms with Gasteiger partial charge in [0.15, 0.2) is 5.82 Å². The Hall–Kier alpha value is -2.50. The number of nitrogens with zero attached hydrogens (tertiary/aromatic N) is 4. The van der Waals surface area contributed by atoms with Crippen molar-refractivity contribution < 1.29 is 0 Å². The molecule has 0 aliphatic heterocycles. The van der Waals surface area contributed by atoms with E-state index in [9.17, 15) is 4.79 Å². The molecule has 6 heteroatoms. The predicted molar refractivity (Wildman–Crippen MR) is 82.9 cm³/mol. The Morgan fingerprint density at radius 2 is 2.10 bits per heavy atom. The minimum absolute atomic E-state index is 0.0829. The van der Waals surface area contributed by atoms with Gasteiger partial charge in [0, 0.05) is 24.0 Å². The molecule has 2 rings (SSSR count). The molecule has 0 amide bonds. The first-order valence-electron chi connectivity index (χ1n) is 6.86. The van der Waals surface area contributed by atoms with Crippen LogP contribution in [0.4, 0.5) is 5.82 Å². The summed E-state index contributed by atoms with van der Waals surface area (Å²) in [6, 6.07) is 3.70. The average Bonchev–Trinajstić information content (AvgIpc) is 2.47. The third kappa shape index (κ3) is 3.34. The largest absolute Gasteiger partial charge is 0.383 e. The zero-order chi connectivity index (χ0) is 15.4. The summed E-state index contributed by atoms with van der Waals surface area (Å²) < 4.78 is 1.58. The first-order valence-corrected chi connectivity index (χ1v) is 6.86. The second-order valence-electron chi connectivity index (χ2n) is 4.88. The standard InChI is InChI=1S/C15H19N5O/c1-4-7-20-9-18-14(11(3)15(20)21)19-13(16)12-6-5-10(2)17-8-12/h5-6,8-9H,4,7H2,1-3H3,(H2,16,19).